The molecular formula is C10H22N2O2. The van der Waals surface area contributed by atoms with Crippen LogP contribution >= 0.6 is 0 Å². The van der Waals surface area contributed by atoms with Gasteiger partial charge in [0.15, 0.2) is 0 Å². The van der Waals surface area contributed by atoms with Crippen molar-refractivity contribution in [1.29, 1.82) is 0 Å². The van der Waals surface area contributed by atoms with Gasteiger partial charge in [-0.2, -0.15) is 0 Å². The third-order valence-corrected chi connectivity index (χ3v) is 2.12. The van der Waals surface area contributed by atoms with E-state index >= 15 is 0 Å². The summed E-state index contributed by atoms with van der Waals surface area (Å²) in [7, 11) is 0. The Hall–Kier alpha value is -0.770. The molecular weight excluding hydrogens is 180 g/mol. The second-order valence-corrected chi connectivity index (χ2v) is 4.61. The van der Waals surface area contributed by atoms with Crippen molar-refractivity contribution in [3.63, 3.8) is 0 Å². The summed E-state index contributed by atoms with van der Waals surface area (Å²) in [6.07, 6.45) is 0.947. The van der Waals surface area contributed by atoms with Gasteiger partial charge in [0, 0.05) is 18.1 Å². The lowest BCUT2D eigenvalue weighted by Crippen LogP contribution is -2.50. The molecule has 0 aliphatic carbocycles. The third-order valence-electron chi connectivity index (χ3n) is 2.12. The predicted octanol–water partition coefficient (Wildman–Crippen LogP) is 1.89. The van der Waals surface area contributed by atoms with Gasteiger partial charge in [0.05, 0.1) is 0 Å². The van der Waals surface area contributed by atoms with Crippen LogP contribution in [0.1, 0.15) is 40.5 Å². The summed E-state index contributed by atoms with van der Waals surface area (Å²) in [5, 5.41) is 9.00. The van der Waals surface area contributed by atoms with E-state index in [1.54, 1.807) is 0 Å². The molecule has 0 aromatic carbocycles. The number of rotatable bonds is 4. The van der Waals surface area contributed by atoms with Crippen LogP contribution in [-0.2, 0) is 0 Å². The molecule has 1 amide bonds. The highest BCUT2D eigenvalue weighted by molar-refractivity contribution is 5.66. The molecule has 0 aromatic heterocycles. The Bertz CT molecular complexity index is 187. The van der Waals surface area contributed by atoms with Gasteiger partial charge in [-0.25, -0.2) is 4.79 Å². The summed E-state index contributed by atoms with van der Waals surface area (Å²) in [6.45, 7) is 8.08. The zero-order valence-electron chi connectivity index (χ0n) is 9.58. The maximum Gasteiger partial charge on any atom is 0.407 e. The molecule has 0 rings (SSSR count). The Morgan fingerprint density at radius 2 is 2.00 bits per heavy atom. The Morgan fingerprint density at radius 1 is 1.50 bits per heavy atom. The van der Waals surface area contributed by atoms with E-state index in [-0.39, 0.29) is 11.6 Å². The maximum absolute atomic E-state index is 11.0. The van der Waals surface area contributed by atoms with Crippen LogP contribution in [0.3, 0.4) is 0 Å². The highest BCUT2D eigenvalue weighted by atomic mass is 16.4. The lowest BCUT2D eigenvalue weighted by Gasteiger charge is -2.34. The topological polar surface area (TPSA) is 66.6 Å². The summed E-state index contributed by atoms with van der Waals surface area (Å²) in [4.78, 5) is 12.4. The summed E-state index contributed by atoms with van der Waals surface area (Å²) < 4.78 is 0. The first-order chi connectivity index (χ1) is 6.29. The summed E-state index contributed by atoms with van der Waals surface area (Å²) >= 11 is 0. The Kier molecular flexibility index (Phi) is 4.91. The number of nitrogens with two attached hydrogens (primary N) is 1. The highest BCUT2D eigenvalue weighted by Crippen LogP contribution is 2.14. The Labute approximate surface area is 86.1 Å². The lowest BCUT2D eigenvalue weighted by molar-refractivity contribution is 0.0953. The summed E-state index contributed by atoms with van der Waals surface area (Å²) in [5.41, 5.74) is 5.44. The monoisotopic (exact) mass is 202 g/mol. The molecule has 1 unspecified atom stereocenters. The largest absolute Gasteiger partial charge is 0.465 e. The van der Waals surface area contributed by atoms with Crippen LogP contribution in [-0.4, -0.2) is 34.2 Å². The van der Waals surface area contributed by atoms with E-state index in [2.05, 4.69) is 0 Å². The number of nitrogens with zero attached hydrogens (tertiary/aromatic N) is 1. The van der Waals surface area contributed by atoms with Crippen molar-refractivity contribution in [2.45, 2.75) is 52.1 Å². The number of carboxylic acid groups (broad SMARTS) is 1. The highest BCUT2D eigenvalue weighted by Gasteiger charge is 2.27. The SMILES string of the molecule is CCCC(N)CN(C(=O)O)C(C)(C)C. The summed E-state index contributed by atoms with van der Waals surface area (Å²) in [5.74, 6) is 0. The van der Waals surface area contributed by atoms with Gasteiger partial charge in [0.25, 0.3) is 0 Å². The molecule has 0 aromatic rings. The van der Waals surface area contributed by atoms with Gasteiger partial charge in [-0.3, -0.25) is 0 Å². The molecule has 0 fully saturated rings. The number of carbonyl (C=O) groups is 1. The molecule has 0 bridgehead atoms. The van der Waals surface area contributed by atoms with Gasteiger partial charge in [0.1, 0.15) is 0 Å². The number of amides is 1. The van der Waals surface area contributed by atoms with Gasteiger partial charge < -0.3 is 15.7 Å². The Balaban J connectivity index is 4.32. The second kappa shape index (κ2) is 5.20. The minimum absolute atomic E-state index is 0.0599. The van der Waals surface area contributed by atoms with E-state index in [0.29, 0.717) is 6.54 Å². The quantitative estimate of drug-likeness (QED) is 0.731. The van der Waals surface area contributed by atoms with Crippen molar-refractivity contribution in [2.75, 3.05) is 6.54 Å². The van der Waals surface area contributed by atoms with Gasteiger partial charge in [-0.15, -0.1) is 0 Å². The van der Waals surface area contributed by atoms with Crippen molar-refractivity contribution < 1.29 is 9.90 Å². The molecule has 84 valence electrons. The van der Waals surface area contributed by atoms with E-state index in [4.69, 9.17) is 10.8 Å². The van der Waals surface area contributed by atoms with Crippen molar-refractivity contribution >= 4 is 6.09 Å². The van der Waals surface area contributed by atoms with E-state index < -0.39 is 6.09 Å². The van der Waals surface area contributed by atoms with E-state index in [0.717, 1.165) is 12.8 Å². The van der Waals surface area contributed by atoms with E-state index in [1.807, 2.05) is 27.7 Å². The van der Waals surface area contributed by atoms with Crippen LogP contribution in [0.4, 0.5) is 4.79 Å². The third kappa shape index (κ3) is 4.46. The number of hydrogen-bond donors (Lipinski definition) is 2. The van der Waals surface area contributed by atoms with Crippen molar-refractivity contribution in [3.8, 4) is 0 Å². The zero-order chi connectivity index (χ0) is 11.4. The zero-order valence-corrected chi connectivity index (χ0v) is 9.58. The molecule has 0 radical (unpaired) electrons. The first-order valence-corrected chi connectivity index (χ1v) is 5.05. The minimum Gasteiger partial charge on any atom is -0.465 e. The van der Waals surface area contributed by atoms with Crippen LogP contribution in [0, 0.1) is 0 Å². The molecule has 0 heterocycles. The Morgan fingerprint density at radius 3 is 2.29 bits per heavy atom. The average molecular weight is 202 g/mol. The summed E-state index contributed by atoms with van der Waals surface area (Å²) in [6, 6.07) is -0.0599. The first-order valence-electron chi connectivity index (χ1n) is 5.05. The maximum atomic E-state index is 11.0. The fourth-order valence-electron chi connectivity index (χ4n) is 1.34. The molecule has 14 heavy (non-hydrogen) atoms. The standard InChI is InChI=1S/C10H22N2O2/c1-5-6-8(11)7-12(9(13)14)10(2,3)4/h8H,5-7,11H2,1-4H3,(H,13,14). The van der Waals surface area contributed by atoms with Crippen LogP contribution in [0.5, 0.6) is 0 Å². The fraction of sp³-hybridized carbons (Fsp3) is 0.900. The van der Waals surface area contributed by atoms with Crippen LogP contribution in [0.2, 0.25) is 0 Å². The average Bonchev–Trinajstić information content (AvgIpc) is 1.98. The molecule has 4 nitrogen and oxygen atoms in total. The minimum atomic E-state index is -0.899. The second-order valence-electron chi connectivity index (χ2n) is 4.61. The van der Waals surface area contributed by atoms with Crippen LogP contribution in [0.15, 0.2) is 0 Å². The molecule has 0 aliphatic heterocycles. The molecule has 0 saturated heterocycles. The molecule has 0 spiro atoms. The molecule has 1 atom stereocenters. The van der Waals surface area contributed by atoms with Gasteiger partial charge in [0.2, 0.25) is 0 Å². The van der Waals surface area contributed by atoms with Crippen molar-refractivity contribution in [1.82, 2.24) is 4.90 Å². The molecule has 0 aliphatic rings. The smallest absolute Gasteiger partial charge is 0.407 e. The van der Waals surface area contributed by atoms with Crippen LogP contribution < -0.4 is 5.73 Å². The fourth-order valence-corrected chi connectivity index (χ4v) is 1.34. The van der Waals surface area contributed by atoms with Gasteiger partial charge >= 0.3 is 6.09 Å². The van der Waals surface area contributed by atoms with Crippen molar-refractivity contribution in [3.05, 3.63) is 0 Å². The van der Waals surface area contributed by atoms with Gasteiger partial charge in [-0.05, 0) is 27.2 Å². The normalized spacial score (nSPS) is 13.8. The van der Waals surface area contributed by atoms with E-state index in [1.165, 1.54) is 4.90 Å². The molecule has 0 saturated carbocycles. The lowest BCUT2D eigenvalue weighted by atomic mass is 10.0. The molecule has 3 N–H and O–H groups in total. The number of hydrogen-bond acceptors (Lipinski definition) is 2. The van der Waals surface area contributed by atoms with Gasteiger partial charge in [-0.1, -0.05) is 13.3 Å². The van der Waals surface area contributed by atoms with Crippen molar-refractivity contribution in [2.24, 2.45) is 5.73 Å². The van der Waals surface area contributed by atoms with Crippen LogP contribution in [0.25, 0.3) is 0 Å². The first kappa shape index (κ1) is 13.2. The van der Waals surface area contributed by atoms with E-state index in [9.17, 15) is 4.79 Å². The molecule has 4 heteroatoms. The predicted molar refractivity (Wildman–Crippen MR) is 57.4 cm³/mol.